The Kier molecular flexibility index (Phi) is 5.53. The zero-order valence-electron chi connectivity index (χ0n) is 6.98. The Hall–Kier alpha value is -0.710. The van der Waals surface area contributed by atoms with Gasteiger partial charge in [-0.05, 0) is 13.8 Å². The van der Waals surface area contributed by atoms with Crippen LogP contribution in [0.3, 0.4) is 0 Å². The lowest BCUT2D eigenvalue weighted by atomic mass is 10.2. The third-order valence-corrected chi connectivity index (χ3v) is 1.22. The lowest BCUT2D eigenvalue weighted by molar-refractivity contribution is 0.436. The number of benzene rings is 1. The molecule has 12 heavy (non-hydrogen) atoms. The SMILES string of the molecule is Cc1ccc(C)cc1.O=S([O-])O. The first kappa shape index (κ1) is 11.3. The van der Waals surface area contributed by atoms with Gasteiger partial charge in [0.15, 0.2) is 0 Å². The second kappa shape index (κ2) is 5.88. The van der Waals surface area contributed by atoms with Crippen LogP contribution in [0.4, 0.5) is 0 Å². The van der Waals surface area contributed by atoms with E-state index in [2.05, 4.69) is 38.1 Å². The molecule has 0 heterocycles. The second-order valence-corrected chi connectivity index (χ2v) is 2.81. The molecule has 3 nitrogen and oxygen atoms in total. The summed E-state index contributed by atoms with van der Waals surface area (Å²) in [6, 6.07) is 8.48. The van der Waals surface area contributed by atoms with Gasteiger partial charge in [0.05, 0.1) is 11.4 Å². The summed E-state index contributed by atoms with van der Waals surface area (Å²) in [5.74, 6) is 0. The molecule has 0 bridgehead atoms. The number of rotatable bonds is 0. The fourth-order valence-corrected chi connectivity index (χ4v) is 0.637. The Morgan fingerprint density at radius 1 is 1.17 bits per heavy atom. The largest absolute Gasteiger partial charge is 0.750 e. The molecule has 0 aromatic heterocycles. The van der Waals surface area contributed by atoms with Gasteiger partial charge >= 0.3 is 0 Å². The second-order valence-electron chi connectivity index (χ2n) is 2.37. The van der Waals surface area contributed by atoms with E-state index in [0.29, 0.717) is 0 Å². The highest BCUT2D eigenvalue weighted by molar-refractivity contribution is 7.73. The Bertz CT molecular complexity index is 218. The maximum atomic E-state index is 8.56. The Labute approximate surface area is 74.5 Å². The van der Waals surface area contributed by atoms with Crippen LogP contribution in [0.2, 0.25) is 0 Å². The highest BCUT2D eigenvalue weighted by Gasteiger charge is 1.79. The Balaban J connectivity index is 0.000000261. The standard InChI is InChI=1S/C8H10.H2O3S/c1-7-3-5-8(2)6-4-7;1-4(2)3/h3-6H,1-2H3;(H2,1,2,3)/p-1. The highest BCUT2D eigenvalue weighted by Crippen LogP contribution is 1.99. The highest BCUT2D eigenvalue weighted by atomic mass is 32.2. The summed E-state index contributed by atoms with van der Waals surface area (Å²) in [5.41, 5.74) is 2.66. The van der Waals surface area contributed by atoms with Crippen molar-refractivity contribution in [2.24, 2.45) is 0 Å². The predicted octanol–water partition coefficient (Wildman–Crippen LogP) is 1.64. The maximum absolute atomic E-state index is 8.56. The van der Waals surface area contributed by atoms with Crippen molar-refractivity contribution in [2.45, 2.75) is 13.8 Å². The molecule has 68 valence electrons. The van der Waals surface area contributed by atoms with Gasteiger partial charge in [-0.2, -0.15) is 0 Å². The fourth-order valence-electron chi connectivity index (χ4n) is 0.637. The minimum Gasteiger partial charge on any atom is -0.750 e. The summed E-state index contributed by atoms with van der Waals surface area (Å²) < 4.78 is 24.1. The molecule has 1 aromatic rings. The first-order valence-corrected chi connectivity index (χ1v) is 4.37. The first-order valence-electron chi connectivity index (χ1n) is 3.34. The average Bonchev–Trinajstić information content (AvgIpc) is 1.94. The lowest BCUT2D eigenvalue weighted by Gasteiger charge is -1.90. The van der Waals surface area contributed by atoms with Crippen LogP contribution in [-0.4, -0.2) is 13.3 Å². The lowest BCUT2D eigenvalue weighted by Crippen LogP contribution is -1.75. The normalized spacial score (nSPS) is 11.3. The molecule has 1 N–H and O–H groups in total. The van der Waals surface area contributed by atoms with Crippen LogP contribution < -0.4 is 0 Å². The van der Waals surface area contributed by atoms with Gasteiger partial charge in [-0.15, -0.1) is 0 Å². The van der Waals surface area contributed by atoms with Crippen LogP contribution in [0, 0.1) is 13.8 Å². The first-order chi connectivity index (χ1) is 5.52. The van der Waals surface area contributed by atoms with Gasteiger partial charge in [0.2, 0.25) is 0 Å². The summed E-state index contributed by atoms with van der Waals surface area (Å²) in [6.07, 6.45) is 0. The molecule has 1 aromatic carbocycles. The van der Waals surface area contributed by atoms with Crippen LogP contribution in [0.5, 0.6) is 0 Å². The molecule has 0 amide bonds. The van der Waals surface area contributed by atoms with Crippen LogP contribution in [-0.2, 0) is 11.4 Å². The van der Waals surface area contributed by atoms with E-state index >= 15 is 0 Å². The molecule has 1 atom stereocenters. The molecule has 0 saturated carbocycles. The van der Waals surface area contributed by atoms with Crippen LogP contribution in [0.1, 0.15) is 11.1 Å². The van der Waals surface area contributed by atoms with Gasteiger partial charge in [-0.3, -0.25) is 0 Å². The van der Waals surface area contributed by atoms with E-state index in [1.807, 2.05) is 0 Å². The maximum Gasteiger partial charge on any atom is 0.0814 e. The van der Waals surface area contributed by atoms with Crippen molar-refractivity contribution in [3.8, 4) is 0 Å². The molecule has 1 rings (SSSR count). The molecule has 0 fully saturated rings. The van der Waals surface area contributed by atoms with E-state index in [4.69, 9.17) is 13.3 Å². The average molecular weight is 187 g/mol. The van der Waals surface area contributed by atoms with Crippen molar-refractivity contribution in [2.75, 3.05) is 0 Å². The molecular weight excluding hydrogens is 176 g/mol. The summed E-state index contributed by atoms with van der Waals surface area (Å²) in [4.78, 5) is 0. The Morgan fingerprint density at radius 2 is 1.33 bits per heavy atom. The zero-order valence-corrected chi connectivity index (χ0v) is 7.80. The van der Waals surface area contributed by atoms with Gasteiger partial charge in [0.1, 0.15) is 0 Å². The number of hydrogen-bond donors (Lipinski definition) is 1. The minimum atomic E-state index is -2.86. The molecule has 0 aliphatic carbocycles. The van der Waals surface area contributed by atoms with Crippen LogP contribution >= 0.6 is 0 Å². The third kappa shape index (κ3) is 7.40. The van der Waals surface area contributed by atoms with Crippen molar-refractivity contribution >= 4 is 11.4 Å². The van der Waals surface area contributed by atoms with Gasteiger partial charge in [-0.25, -0.2) is 4.21 Å². The monoisotopic (exact) mass is 187 g/mol. The van der Waals surface area contributed by atoms with Crippen molar-refractivity contribution in [3.05, 3.63) is 35.4 Å². The van der Waals surface area contributed by atoms with E-state index in [1.165, 1.54) is 11.1 Å². The van der Waals surface area contributed by atoms with E-state index in [1.54, 1.807) is 0 Å². The summed E-state index contributed by atoms with van der Waals surface area (Å²) in [6.45, 7) is 4.19. The van der Waals surface area contributed by atoms with Gasteiger partial charge in [0, 0.05) is 0 Å². The topological polar surface area (TPSA) is 60.4 Å². The predicted molar refractivity (Wildman–Crippen MR) is 47.5 cm³/mol. The van der Waals surface area contributed by atoms with E-state index in [-0.39, 0.29) is 0 Å². The van der Waals surface area contributed by atoms with Crippen molar-refractivity contribution in [1.82, 2.24) is 0 Å². The van der Waals surface area contributed by atoms with Crippen LogP contribution in [0.15, 0.2) is 24.3 Å². The summed E-state index contributed by atoms with van der Waals surface area (Å²) in [5, 5.41) is 0. The molecule has 0 radical (unpaired) electrons. The molecule has 1 unspecified atom stereocenters. The molecule has 0 aliphatic heterocycles. The number of hydrogen-bond acceptors (Lipinski definition) is 2. The third-order valence-electron chi connectivity index (χ3n) is 1.22. The molecular formula is C8H11O3S-. The van der Waals surface area contributed by atoms with Crippen molar-refractivity contribution in [3.63, 3.8) is 0 Å². The quantitative estimate of drug-likeness (QED) is 0.628. The molecule has 0 aliphatic rings. The molecule has 0 spiro atoms. The van der Waals surface area contributed by atoms with E-state index in [9.17, 15) is 0 Å². The smallest absolute Gasteiger partial charge is 0.0814 e. The van der Waals surface area contributed by atoms with Crippen molar-refractivity contribution in [1.29, 1.82) is 0 Å². The van der Waals surface area contributed by atoms with Gasteiger partial charge in [-0.1, -0.05) is 35.4 Å². The molecule has 0 saturated heterocycles. The number of aryl methyl sites for hydroxylation is 2. The minimum absolute atomic E-state index is 1.33. The van der Waals surface area contributed by atoms with Crippen LogP contribution in [0.25, 0.3) is 0 Å². The molecule has 4 heteroatoms. The van der Waals surface area contributed by atoms with E-state index in [0.717, 1.165) is 0 Å². The van der Waals surface area contributed by atoms with Gasteiger partial charge in [0.25, 0.3) is 0 Å². The van der Waals surface area contributed by atoms with Crippen molar-refractivity contribution < 1.29 is 13.3 Å². The van der Waals surface area contributed by atoms with Gasteiger partial charge < -0.3 is 9.11 Å². The summed E-state index contributed by atoms with van der Waals surface area (Å²) in [7, 11) is 0. The fraction of sp³-hybridized carbons (Fsp3) is 0.250. The van der Waals surface area contributed by atoms with E-state index < -0.39 is 11.4 Å². The zero-order chi connectivity index (χ0) is 9.56. The summed E-state index contributed by atoms with van der Waals surface area (Å²) >= 11 is -2.86. The Morgan fingerprint density at radius 3 is 1.50 bits per heavy atom.